The van der Waals surface area contributed by atoms with Crippen molar-refractivity contribution >= 4 is 35.7 Å². The van der Waals surface area contributed by atoms with Crippen LogP contribution in [0.25, 0.3) is 0 Å². The summed E-state index contributed by atoms with van der Waals surface area (Å²) in [4.78, 5) is 2.21. The van der Waals surface area contributed by atoms with Gasteiger partial charge in [0.1, 0.15) is 0 Å². The molecular weight excluding hydrogens is 256 g/mol. The van der Waals surface area contributed by atoms with E-state index in [4.69, 9.17) is 4.74 Å². The molecule has 0 N–H and O–H groups in total. The average Bonchev–Trinajstić information content (AvgIpc) is 2.46. The Labute approximate surface area is 128 Å². The first-order chi connectivity index (χ1) is 9.97. The Morgan fingerprint density at radius 1 is 0.762 bits per heavy atom. The number of benzene rings is 2. The zero-order valence-corrected chi connectivity index (χ0v) is 13.5. The van der Waals surface area contributed by atoms with Gasteiger partial charge in [-0.05, 0) is 24.3 Å². The maximum absolute atomic E-state index is 6.19. The molecule has 2 nitrogen and oxygen atoms in total. The van der Waals surface area contributed by atoms with Crippen LogP contribution in [-0.2, 0) is 0 Å². The second-order valence-electron chi connectivity index (χ2n) is 6.42. The van der Waals surface area contributed by atoms with Crippen LogP contribution in [0.5, 0.6) is 11.5 Å². The van der Waals surface area contributed by atoms with Crippen molar-refractivity contribution < 1.29 is 4.74 Å². The van der Waals surface area contributed by atoms with Gasteiger partial charge in [0, 0.05) is 7.05 Å². The predicted molar refractivity (Wildman–Crippen MR) is 95.3 cm³/mol. The van der Waals surface area contributed by atoms with E-state index in [-0.39, 0.29) is 0 Å². The van der Waals surface area contributed by atoms with Crippen LogP contribution in [0.15, 0.2) is 36.4 Å². The predicted octanol–water partition coefficient (Wildman–Crippen LogP) is 3.48. The molecule has 2 aromatic carbocycles. The molecule has 0 atom stereocenters. The van der Waals surface area contributed by atoms with Gasteiger partial charge in [-0.25, -0.2) is 0 Å². The number of nitrogens with zero attached hydrogens (tertiary/aromatic N) is 1. The summed E-state index contributed by atoms with van der Waals surface area (Å²) in [5.41, 5.74) is 4.88. The van der Waals surface area contributed by atoms with E-state index < -0.39 is 0 Å². The molecule has 21 heavy (non-hydrogen) atoms. The minimum Gasteiger partial charge on any atom is -0.453 e. The number of ether oxygens (including phenoxy) is 1. The van der Waals surface area contributed by atoms with Crippen molar-refractivity contribution in [1.82, 2.24) is 0 Å². The summed E-state index contributed by atoms with van der Waals surface area (Å²) in [7, 11) is 2.10. The summed E-state index contributed by atoms with van der Waals surface area (Å²) in [5, 5.41) is 0. The summed E-state index contributed by atoms with van der Waals surface area (Å²) >= 11 is 0. The van der Waals surface area contributed by atoms with Crippen LogP contribution in [0.3, 0.4) is 0 Å². The molecule has 0 amide bonds. The van der Waals surface area contributed by atoms with E-state index in [0.29, 0.717) is 13.4 Å². The van der Waals surface area contributed by atoms with E-state index in [1.807, 2.05) is 0 Å². The van der Waals surface area contributed by atoms with E-state index in [0.717, 1.165) is 22.9 Å². The molecule has 0 aromatic heterocycles. The number of hydrogen-bond donors (Lipinski definition) is 0. The third kappa shape index (κ3) is 2.44. The first-order valence-electron chi connectivity index (χ1n) is 7.67. The van der Waals surface area contributed by atoms with Crippen molar-refractivity contribution in [2.24, 2.45) is 0 Å². The Hall–Kier alpha value is -1.83. The Balaban J connectivity index is 2.06. The molecule has 1 heterocycles. The van der Waals surface area contributed by atoms with E-state index in [9.17, 15) is 0 Å². The summed E-state index contributed by atoms with van der Waals surface area (Å²) in [5.74, 6) is 1.91. The summed E-state index contributed by atoms with van der Waals surface area (Å²) in [6.07, 6.45) is 0. The Morgan fingerprint density at radius 2 is 1.19 bits per heavy atom. The molecule has 0 saturated carbocycles. The number of fused-ring (bicyclic) bond motifs is 2. The average molecular weight is 277 g/mol. The molecule has 2 aromatic rings. The Kier molecular flexibility index (Phi) is 3.48. The number of anilines is 2. The highest BCUT2D eigenvalue weighted by molar-refractivity contribution is 6.71. The molecule has 3 rings (SSSR count). The minimum atomic E-state index is 0.507. The molecule has 0 unspecified atom stereocenters. The quantitative estimate of drug-likeness (QED) is 0.779. The molecule has 4 heteroatoms. The lowest BCUT2D eigenvalue weighted by Crippen LogP contribution is -2.26. The highest BCUT2D eigenvalue weighted by Gasteiger charge is 2.23. The van der Waals surface area contributed by atoms with Crippen LogP contribution in [0, 0.1) is 0 Å². The molecular formula is C17H21B2NO. The van der Waals surface area contributed by atoms with Gasteiger partial charge in [0.2, 0.25) is 0 Å². The fourth-order valence-corrected chi connectivity index (χ4v) is 2.75. The molecule has 0 fully saturated rings. The van der Waals surface area contributed by atoms with Crippen molar-refractivity contribution in [3.05, 3.63) is 36.4 Å². The Morgan fingerprint density at radius 3 is 1.57 bits per heavy atom. The van der Waals surface area contributed by atoms with Crippen molar-refractivity contribution in [3.8, 4) is 11.5 Å². The molecule has 0 saturated heterocycles. The maximum atomic E-state index is 6.19. The van der Waals surface area contributed by atoms with Gasteiger partial charge < -0.3 is 9.64 Å². The molecule has 1 aliphatic heterocycles. The molecule has 0 bridgehead atoms. The molecule has 1 aliphatic rings. The van der Waals surface area contributed by atoms with Gasteiger partial charge in [0.25, 0.3) is 0 Å². The monoisotopic (exact) mass is 277 g/mol. The van der Waals surface area contributed by atoms with Gasteiger partial charge in [-0.1, -0.05) is 50.4 Å². The second kappa shape index (κ2) is 5.18. The minimum absolute atomic E-state index is 0.507. The fraction of sp³-hybridized carbons (Fsp3) is 0.294. The van der Waals surface area contributed by atoms with Crippen LogP contribution in [0.1, 0.15) is 0 Å². The van der Waals surface area contributed by atoms with Crippen LogP contribution in [0.4, 0.5) is 11.4 Å². The molecule has 106 valence electrons. The van der Waals surface area contributed by atoms with E-state index in [1.54, 1.807) is 0 Å². The lowest BCUT2D eigenvalue weighted by Gasteiger charge is -2.30. The lowest BCUT2D eigenvalue weighted by molar-refractivity contribution is 0.476. The second-order valence-corrected chi connectivity index (χ2v) is 6.42. The normalized spacial score (nSPS) is 12.3. The van der Waals surface area contributed by atoms with Crippen molar-refractivity contribution in [1.29, 1.82) is 0 Å². The topological polar surface area (TPSA) is 12.5 Å². The van der Waals surface area contributed by atoms with Crippen molar-refractivity contribution in [2.75, 3.05) is 11.9 Å². The molecule has 0 aliphatic carbocycles. The summed E-state index contributed by atoms with van der Waals surface area (Å²) < 4.78 is 6.19. The van der Waals surface area contributed by atoms with Gasteiger partial charge >= 0.3 is 0 Å². The smallest absolute Gasteiger partial charge is 0.169 e. The summed E-state index contributed by atoms with van der Waals surface area (Å²) in [6.45, 7) is 9.84. The third-order valence-electron chi connectivity index (χ3n) is 4.24. The van der Waals surface area contributed by atoms with Crippen molar-refractivity contribution in [2.45, 2.75) is 27.3 Å². The van der Waals surface area contributed by atoms with Crippen LogP contribution < -0.4 is 20.6 Å². The van der Waals surface area contributed by atoms with Crippen molar-refractivity contribution in [3.63, 3.8) is 0 Å². The molecule has 0 spiro atoms. The highest BCUT2D eigenvalue weighted by atomic mass is 16.5. The highest BCUT2D eigenvalue weighted by Crippen LogP contribution is 2.44. The maximum Gasteiger partial charge on any atom is 0.169 e. The first kappa shape index (κ1) is 14.1. The number of rotatable bonds is 2. The van der Waals surface area contributed by atoms with Crippen LogP contribution in [0.2, 0.25) is 27.3 Å². The van der Waals surface area contributed by atoms with Crippen LogP contribution >= 0.6 is 0 Å². The van der Waals surface area contributed by atoms with Gasteiger partial charge in [0.15, 0.2) is 24.9 Å². The van der Waals surface area contributed by atoms with Gasteiger partial charge in [0.05, 0.1) is 11.4 Å². The van der Waals surface area contributed by atoms with E-state index in [2.05, 4.69) is 75.6 Å². The van der Waals surface area contributed by atoms with E-state index in [1.165, 1.54) is 10.9 Å². The van der Waals surface area contributed by atoms with Gasteiger partial charge in [-0.2, -0.15) is 0 Å². The summed E-state index contributed by atoms with van der Waals surface area (Å²) in [6, 6.07) is 13.0. The largest absolute Gasteiger partial charge is 0.453 e. The first-order valence-corrected chi connectivity index (χ1v) is 7.67. The van der Waals surface area contributed by atoms with Gasteiger partial charge in [-0.15, -0.1) is 0 Å². The number of hydrogen-bond acceptors (Lipinski definition) is 2. The molecule has 0 radical (unpaired) electrons. The standard InChI is InChI=1S/C17H21B2NO/c1-18(2)12-6-8-14-16(10-12)21-17-11-13(19(3)4)7-9-15(17)20(14)5/h6-11H,1-5H3. The fourth-order valence-electron chi connectivity index (χ4n) is 2.75. The third-order valence-corrected chi connectivity index (χ3v) is 4.24. The zero-order chi connectivity index (χ0) is 15.1. The van der Waals surface area contributed by atoms with Crippen LogP contribution in [-0.4, -0.2) is 20.5 Å². The SMILES string of the molecule is CB(C)c1ccc2c(c1)Oc1cc(B(C)C)ccc1N2C. The van der Waals surface area contributed by atoms with E-state index >= 15 is 0 Å². The van der Waals surface area contributed by atoms with Gasteiger partial charge in [-0.3, -0.25) is 0 Å². The Bertz CT molecular complexity index is 625. The lowest BCUT2D eigenvalue weighted by atomic mass is 9.49. The zero-order valence-electron chi connectivity index (χ0n) is 13.5.